The predicted octanol–water partition coefficient (Wildman–Crippen LogP) is -0.844. The monoisotopic (exact) mass is 1060 g/mol. The summed E-state index contributed by atoms with van der Waals surface area (Å²) >= 11 is 0. The number of carboxylic acids is 1. The molecule has 23 heteroatoms. The lowest BCUT2D eigenvalue weighted by molar-refractivity contribution is -0.145. The van der Waals surface area contributed by atoms with Crippen molar-refractivity contribution in [2.75, 3.05) is 13.1 Å². The lowest BCUT2D eigenvalue weighted by atomic mass is 9.96. The Labute approximate surface area is 444 Å². The van der Waals surface area contributed by atoms with Crippen LogP contribution in [0.5, 0.6) is 0 Å². The number of nitrogens with one attached hydrogen (secondary N) is 7. The molecule has 1 aliphatic rings. The minimum absolute atomic E-state index is 0.0329. The summed E-state index contributed by atoms with van der Waals surface area (Å²) in [5.41, 5.74) is 18.9. The molecule has 1 fully saturated rings. The Morgan fingerprint density at radius 1 is 0.645 bits per heavy atom. The number of hydrogen-bond acceptors (Lipinski definition) is 13. The molecule has 0 bridgehead atoms. The fourth-order valence-corrected chi connectivity index (χ4v) is 8.62. The van der Waals surface area contributed by atoms with Gasteiger partial charge in [0.25, 0.3) is 0 Å². The van der Waals surface area contributed by atoms with Crippen LogP contribution in [-0.4, -0.2) is 148 Å². The minimum Gasteiger partial charge on any atom is -0.480 e. The van der Waals surface area contributed by atoms with Gasteiger partial charge in [0.2, 0.25) is 53.2 Å². The van der Waals surface area contributed by atoms with Crippen LogP contribution in [0.15, 0.2) is 60.7 Å². The molecule has 76 heavy (non-hydrogen) atoms. The number of carbonyl (C=O) groups is 10. The third-order valence-corrected chi connectivity index (χ3v) is 13.2. The van der Waals surface area contributed by atoms with Gasteiger partial charge in [-0.3, -0.25) is 43.2 Å². The van der Waals surface area contributed by atoms with Crippen molar-refractivity contribution < 1.29 is 58.2 Å². The first kappa shape index (κ1) is 63.3. The zero-order valence-corrected chi connectivity index (χ0v) is 44.6. The number of rotatable bonds is 32. The summed E-state index contributed by atoms with van der Waals surface area (Å²) < 4.78 is 0. The highest BCUT2D eigenvalue weighted by Gasteiger charge is 2.41. The maximum Gasteiger partial charge on any atom is 0.328 e. The molecule has 9 amide bonds. The van der Waals surface area contributed by atoms with E-state index in [1.807, 2.05) is 44.2 Å². The van der Waals surface area contributed by atoms with Gasteiger partial charge in [0.15, 0.2) is 6.04 Å². The molecule has 0 spiro atoms. The van der Waals surface area contributed by atoms with E-state index >= 15 is 0 Å². The zero-order valence-electron chi connectivity index (χ0n) is 44.6. The van der Waals surface area contributed by atoms with E-state index < -0.39 is 126 Å². The molecule has 0 unspecified atom stereocenters. The number of nitrogens with zero attached hydrogens (tertiary/aromatic N) is 1. The lowest BCUT2D eigenvalue weighted by Gasteiger charge is -2.32. The second-order valence-corrected chi connectivity index (χ2v) is 20.0. The number of hydrogen-bond donors (Lipinski definition) is 12. The molecule has 0 saturated carbocycles. The summed E-state index contributed by atoms with van der Waals surface area (Å²) in [6, 6.07) is 6.80. The largest absolute Gasteiger partial charge is 0.480 e. The SMILES string of the molecule is CC[C@H](C)[C@H](NC(=O)[C@@H]1CCCN1C(=O)[C@H](Cc1ccccc1)NC(=O)[C@H](CC(C)C)NC(=O)[C@@H](N)Cc1ccccc1)C(=O)N[C@@H](CCC(N)=O)C(=O)N[C@@H](C)C(=O)N[C@@H](CCCCN)C(=O)N[C@H](C(=O)O)[C@@H](C)O. The van der Waals surface area contributed by atoms with Gasteiger partial charge in [-0.15, -0.1) is 0 Å². The highest BCUT2D eigenvalue weighted by atomic mass is 16.4. The summed E-state index contributed by atoms with van der Waals surface area (Å²) in [5, 5.41) is 37.6. The van der Waals surface area contributed by atoms with Gasteiger partial charge in [-0.2, -0.15) is 0 Å². The number of aliphatic hydroxyl groups excluding tert-OH is 1. The molecule has 2 aromatic carbocycles. The Balaban J connectivity index is 1.82. The van der Waals surface area contributed by atoms with E-state index in [9.17, 15) is 58.2 Å². The second-order valence-electron chi connectivity index (χ2n) is 20.0. The molecule has 0 radical (unpaired) electrons. The van der Waals surface area contributed by atoms with Gasteiger partial charge in [0.1, 0.15) is 42.3 Å². The van der Waals surface area contributed by atoms with E-state index in [-0.39, 0.29) is 64.0 Å². The van der Waals surface area contributed by atoms with Crippen molar-refractivity contribution in [3.05, 3.63) is 71.8 Å². The van der Waals surface area contributed by atoms with E-state index in [0.29, 0.717) is 31.2 Å². The summed E-state index contributed by atoms with van der Waals surface area (Å²) in [6.07, 6.45) is 0.181. The second kappa shape index (κ2) is 31.8. The first-order valence-corrected chi connectivity index (χ1v) is 26.1. The highest BCUT2D eigenvalue weighted by molar-refractivity contribution is 5.98. The number of nitrogens with two attached hydrogens (primary N) is 3. The zero-order chi connectivity index (χ0) is 56.6. The number of carboxylic acid groups (broad SMARTS) is 1. The Bertz CT molecular complexity index is 2270. The average Bonchev–Trinajstić information content (AvgIpc) is 3.87. The molecule has 23 nitrogen and oxygen atoms in total. The third-order valence-electron chi connectivity index (χ3n) is 13.2. The molecule has 0 aliphatic carbocycles. The van der Waals surface area contributed by atoms with Gasteiger partial charge >= 0.3 is 5.97 Å². The molecule has 3 rings (SSSR count). The van der Waals surface area contributed by atoms with E-state index in [1.54, 1.807) is 44.2 Å². The number of unbranched alkanes of at least 4 members (excludes halogenated alkanes) is 1. The summed E-state index contributed by atoms with van der Waals surface area (Å²) in [6.45, 7) is 10.1. The highest BCUT2D eigenvalue weighted by Crippen LogP contribution is 2.22. The molecular formula is C53H81N11O12. The fourth-order valence-electron chi connectivity index (χ4n) is 8.62. The van der Waals surface area contributed by atoms with Crippen LogP contribution >= 0.6 is 0 Å². The van der Waals surface area contributed by atoms with Crippen LogP contribution in [0.3, 0.4) is 0 Å². The first-order chi connectivity index (χ1) is 36.0. The molecule has 2 aromatic rings. The van der Waals surface area contributed by atoms with Crippen LogP contribution in [0, 0.1) is 11.8 Å². The number of primary amides is 1. The van der Waals surface area contributed by atoms with Crippen LogP contribution in [-0.2, 0) is 60.8 Å². The maximum atomic E-state index is 14.7. The van der Waals surface area contributed by atoms with E-state index in [4.69, 9.17) is 17.2 Å². The minimum atomic E-state index is -1.68. The Hall–Kier alpha value is -6.98. The van der Waals surface area contributed by atoms with Crippen LogP contribution in [0.4, 0.5) is 0 Å². The van der Waals surface area contributed by atoms with Gasteiger partial charge in [0, 0.05) is 19.4 Å². The van der Waals surface area contributed by atoms with Crippen LogP contribution in [0.2, 0.25) is 0 Å². The Kier molecular flexibility index (Phi) is 26.5. The van der Waals surface area contributed by atoms with Crippen molar-refractivity contribution in [2.24, 2.45) is 29.0 Å². The van der Waals surface area contributed by atoms with Crippen LogP contribution < -0.4 is 54.4 Å². The van der Waals surface area contributed by atoms with Crippen LogP contribution in [0.1, 0.15) is 110 Å². The average molecular weight is 1060 g/mol. The molecule has 1 saturated heterocycles. The molecular weight excluding hydrogens is 983 g/mol. The van der Waals surface area contributed by atoms with Crippen molar-refractivity contribution in [1.82, 2.24) is 42.1 Å². The van der Waals surface area contributed by atoms with Crippen molar-refractivity contribution in [1.29, 1.82) is 0 Å². The first-order valence-electron chi connectivity index (χ1n) is 26.1. The topological polar surface area (TPSA) is 377 Å². The molecule has 420 valence electrons. The van der Waals surface area contributed by atoms with Crippen molar-refractivity contribution in [3.63, 3.8) is 0 Å². The van der Waals surface area contributed by atoms with Crippen LogP contribution in [0.25, 0.3) is 0 Å². The van der Waals surface area contributed by atoms with E-state index in [2.05, 4.69) is 37.2 Å². The molecule has 0 aromatic heterocycles. The van der Waals surface area contributed by atoms with Gasteiger partial charge in [-0.1, -0.05) is 94.8 Å². The van der Waals surface area contributed by atoms with Crippen molar-refractivity contribution >= 4 is 59.1 Å². The van der Waals surface area contributed by atoms with Gasteiger partial charge < -0.3 is 69.5 Å². The summed E-state index contributed by atoms with van der Waals surface area (Å²) in [4.78, 5) is 136. The summed E-state index contributed by atoms with van der Waals surface area (Å²) in [7, 11) is 0. The van der Waals surface area contributed by atoms with Gasteiger partial charge in [0.05, 0.1) is 12.1 Å². The standard InChI is InChI=1S/C53H81N11O12/c1-7-31(4)43(51(73)59-38(23-24-42(56)66)47(69)57-32(5)45(67)58-37(21-14-15-25-54)48(70)63-44(33(6)65)53(75)76)62-50(72)41-22-16-26-64(41)52(74)40(29-35-19-12-9-13-20-35)61-49(71)39(27-30(2)3)60-46(68)36(55)28-34-17-10-8-11-18-34/h8-13,17-20,30-33,36-41,43-44,65H,7,14-16,21-29,54-55H2,1-6H3,(H2,56,66)(H,57,69)(H,58,67)(H,59,73)(H,60,68)(H,61,71)(H,62,72)(H,63,70)(H,75,76)/t31-,32-,33+,36-,37-,38-,39-,40-,41-,43-,44-/m0/s1. The van der Waals surface area contributed by atoms with E-state index in [1.165, 1.54) is 18.7 Å². The van der Waals surface area contributed by atoms with E-state index in [0.717, 1.165) is 5.56 Å². The van der Waals surface area contributed by atoms with Gasteiger partial charge in [-0.25, -0.2) is 4.79 Å². The molecule has 1 heterocycles. The number of likely N-dealkylation sites (tertiary alicyclic amines) is 1. The van der Waals surface area contributed by atoms with Gasteiger partial charge in [-0.05, 0) is 94.7 Å². The Morgan fingerprint density at radius 2 is 1.18 bits per heavy atom. The lowest BCUT2D eigenvalue weighted by Crippen LogP contribution is -2.61. The number of aliphatic carboxylic acids is 1. The molecule has 11 atom stereocenters. The molecule has 1 aliphatic heterocycles. The quantitative estimate of drug-likeness (QED) is 0.0398. The van der Waals surface area contributed by atoms with Crippen molar-refractivity contribution in [3.8, 4) is 0 Å². The Morgan fingerprint density at radius 3 is 1.74 bits per heavy atom. The smallest absolute Gasteiger partial charge is 0.328 e. The summed E-state index contributed by atoms with van der Waals surface area (Å²) in [5.74, 6) is -8.81. The third kappa shape index (κ3) is 20.6. The normalized spacial score (nSPS) is 17.2. The molecule has 15 N–H and O–H groups in total. The number of aliphatic hydroxyl groups is 1. The number of benzene rings is 2. The fraction of sp³-hybridized carbons (Fsp3) is 0.585. The van der Waals surface area contributed by atoms with Crippen molar-refractivity contribution in [2.45, 2.75) is 173 Å². The number of carbonyl (C=O) groups excluding carboxylic acids is 9. The predicted molar refractivity (Wildman–Crippen MR) is 282 cm³/mol. The number of amides is 9. The maximum absolute atomic E-state index is 14.7.